The van der Waals surface area contributed by atoms with Crippen LogP contribution in [0, 0.1) is 18.6 Å². The second-order valence-corrected chi connectivity index (χ2v) is 12.5. The number of aliphatic hydroxyl groups excluding tert-OH is 1. The number of halogens is 2. The van der Waals surface area contributed by atoms with Crippen molar-refractivity contribution in [2.45, 2.75) is 44.9 Å². The average Bonchev–Trinajstić information content (AvgIpc) is 3.75. The number of aromatic amines is 1. The van der Waals surface area contributed by atoms with Gasteiger partial charge in [0.15, 0.2) is 0 Å². The number of carbonyl (C=O) groups excluding carboxylic acids is 1. The van der Waals surface area contributed by atoms with Crippen LogP contribution in [0.5, 0.6) is 5.75 Å². The van der Waals surface area contributed by atoms with Crippen LogP contribution in [0.2, 0.25) is 0 Å². The van der Waals surface area contributed by atoms with Gasteiger partial charge in [-0.15, -0.1) is 11.3 Å². The molecule has 234 valence electrons. The van der Waals surface area contributed by atoms with E-state index in [1.165, 1.54) is 23.5 Å². The van der Waals surface area contributed by atoms with Gasteiger partial charge in [0.05, 0.1) is 40.1 Å². The van der Waals surface area contributed by atoms with E-state index >= 15 is 4.39 Å². The number of aliphatic hydroxyl groups is 1. The smallest absolute Gasteiger partial charge is 0.243 e. The Bertz CT molecular complexity index is 2160. The molecular formula is C34H30F2N6O3S. The molecule has 9 nitrogen and oxygen atoms in total. The first-order chi connectivity index (χ1) is 22.1. The molecule has 4 aromatic heterocycles. The number of rotatable bonds is 8. The monoisotopic (exact) mass is 640 g/mol. The molecule has 0 aliphatic heterocycles. The summed E-state index contributed by atoms with van der Waals surface area (Å²) in [6, 6.07) is 11.2. The van der Waals surface area contributed by atoms with Crippen LogP contribution in [-0.2, 0) is 11.8 Å². The molecule has 12 heteroatoms. The van der Waals surface area contributed by atoms with E-state index in [1.54, 1.807) is 13.0 Å². The summed E-state index contributed by atoms with van der Waals surface area (Å²) in [7, 11) is 1.96. The molecule has 0 spiro atoms. The van der Waals surface area contributed by atoms with E-state index in [4.69, 9.17) is 14.7 Å². The van der Waals surface area contributed by atoms with Gasteiger partial charge in [-0.05, 0) is 49.6 Å². The van der Waals surface area contributed by atoms with Gasteiger partial charge >= 0.3 is 0 Å². The normalized spacial score (nSPS) is 16.8. The van der Waals surface area contributed by atoms with Crippen LogP contribution in [0.25, 0.3) is 54.9 Å². The van der Waals surface area contributed by atoms with E-state index < -0.39 is 23.8 Å². The van der Waals surface area contributed by atoms with Crippen LogP contribution < -0.4 is 10.1 Å². The highest BCUT2D eigenvalue weighted by atomic mass is 32.1. The van der Waals surface area contributed by atoms with E-state index in [0.717, 1.165) is 33.9 Å². The predicted octanol–water partition coefficient (Wildman–Crippen LogP) is 6.76. The van der Waals surface area contributed by atoms with E-state index in [0.29, 0.717) is 45.9 Å². The molecule has 46 heavy (non-hydrogen) atoms. The highest BCUT2D eigenvalue weighted by Gasteiger charge is 2.32. The van der Waals surface area contributed by atoms with Crippen molar-refractivity contribution in [3.8, 4) is 39.5 Å². The van der Waals surface area contributed by atoms with Crippen molar-refractivity contribution in [1.82, 2.24) is 30.0 Å². The number of benzene rings is 2. The maximum atomic E-state index is 16.0. The Balaban J connectivity index is 1.47. The van der Waals surface area contributed by atoms with Gasteiger partial charge in [0.25, 0.3) is 0 Å². The molecule has 0 unspecified atom stereocenters. The minimum absolute atomic E-state index is 0.0210. The van der Waals surface area contributed by atoms with Crippen molar-refractivity contribution in [2.75, 3.05) is 0 Å². The molecular weight excluding hydrogens is 610 g/mol. The van der Waals surface area contributed by atoms with Crippen molar-refractivity contribution < 1.29 is 23.4 Å². The van der Waals surface area contributed by atoms with Gasteiger partial charge in [-0.25, -0.2) is 18.7 Å². The fraction of sp³-hybridized carbons (Fsp3) is 0.235. The van der Waals surface area contributed by atoms with Crippen molar-refractivity contribution >= 4 is 38.4 Å². The summed E-state index contributed by atoms with van der Waals surface area (Å²) < 4.78 is 39.5. The molecule has 1 aliphatic rings. The summed E-state index contributed by atoms with van der Waals surface area (Å²) in [5.74, 6) is -1.05. The highest BCUT2D eigenvalue weighted by Crippen LogP contribution is 2.48. The van der Waals surface area contributed by atoms with E-state index in [1.807, 2.05) is 48.2 Å². The van der Waals surface area contributed by atoms with Crippen LogP contribution in [-0.4, -0.2) is 48.0 Å². The number of hydrogen-bond donors (Lipinski definition) is 3. The first-order valence-corrected chi connectivity index (χ1v) is 15.7. The maximum Gasteiger partial charge on any atom is 0.243 e. The largest absolute Gasteiger partial charge is 0.489 e. The summed E-state index contributed by atoms with van der Waals surface area (Å²) >= 11 is 1.40. The lowest BCUT2D eigenvalue weighted by Gasteiger charge is -2.32. The second kappa shape index (κ2) is 11.5. The number of imidazole rings is 1. The van der Waals surface area contributed by atoms with Gasteiger partial charge in [0.2, 0.25) is 5.91 Å². The third-order valence-corrected chi connectivity index (χ3v) is 9.40. The quantitative estimate of drug-likeness (QED) is 0.158. The van der Waals surface area contributed by atoms with Crippen molar-refractivity contribution in [3.05, 3.63) is 83.7 Å². The van der Waals surface area contributed by atoms with Crippen LogP contribution >= 0.6 is 11.3 Å². The van der Waals surface area contributed by atoms with Crippen molar-refractivity contribution in [3.63, 3.8) is 0 Å². The van der Waals surface area contributed by atoms with E-state index in [-0.39, 0.29) is 23.3 Å². The Morgan fingerprint density at radius 2 is 1.98 bits per heavy atom. The lowest BCUT2D eigenvalue weighted by molar-refractivity contribution is -0.117. The van der Waals surface area contributed by atoms with Crippen molar-refractivity contribution in [1.29, 1.82) is 0 Å². The predicted molar refractivity (Wildman–Crippen MR) is 173 cm³/mol. The van der Waals surface area contributed by atoms with E-state index in [9.17, 15) is 14.3 Å². The molecule has 1 fully saturated rings. The summed E-state index contributed by atoms with van der Waals surface area (Å²) in [5.41, 5.74) is 5.02. The SMILES string of the molecule is C=CC(=O)N[C@H](C)c1cc(-c2nc(-c3ccc4c(c3)nc(C)n4C)c3ccsc3c2-c2c(F)cc(F)cc2OC2CC(O)C2)n[nH]1. The number of aryl methyl sites for hydroxylation is 2. The molecule has 0 saturated heterocycles. The average molecular weight is 641 g/mol. The van der Waals surface area contributed by atoms with Crippen LogP contribution in [0.3, 0.4) is 0 Å². The van der Waals surface area contributed by atoms with Crippen LogP contribution in [0.4, 0.5) is 8.78 Å². The number of thiophene rings is 1. The van der Waals surface area contributed by atoms with Gasteiger partial charge in [-0.2, -0.15) is 5.10 Å². The fourth-order valence-corrected chi connectivity index (χ4v) is 6.81. The number of pyridine rings is 1. The first kappa shape index (κ1) is 29.8. The summed E-state index contributed by atoms with van der Waals surface area (Å²) in [6.45, 7) is 7.25. The minimum Gasteiger partial charge on any atom is -0.489 e. The van der Waals surface area contributed by atoms with Crippen molar-refractivity contribution in [2.24, 2.45) is 7.05 Å². The summed E-state index contributed by atoms with van der Waals surface area (Å²) in [6.07, 6.45) is 1.01. The third kappa shape index (κ3) is 5.13. The Labute approximate surface area is 266 Å². The number of ether oxygens (including phenoxy) is 1. The molecule has 1 amide bonds. The zero-order valence-corrected chi connectivity index (χ0v) is 26.1. The molecule has 0 bridgehead atoms. The fourth-order valence-electron chi connectivity index (χ4n) is 5.86. The third-order valence-electron chi connectivity index (χ3n) is 8.47. The maximum absolute atomic E-state index is 16.0. The highest BCUT2D eigenvalue weighted by molar-refractivity contribution is 7.18. The Kier molecular flexibility index (Phi) is 7.41. The van der Waals surface area contributed by atoms with Gasteiger partial charge in [-0.3, -0.25) is 9.89 Å². The van der Waals surface area contributed by atoms with Gasteiger partial charge in [0.1, 0.15) is 40.7 Å². The zero-order chi connectivity index (χ0) is 32.3. The number of aromatic nitrogens is 5. The molecule has 4 heterocycles. The first-order valence-electron chi connectivity index (χ1n) is 14.8. The topological polar surface area (TPSA) is 118 Å². The molecule has 0 radical (unpaired) electrons. The number of nitrogens with one attached hydrogen (secondary N) is 2. The summed E-state index contributed by atoms with van der Waals surface area (Å²) in [4.78, 5) is 21.8. The number of amides is 1. The number of hydrogen-bond acceptors (Lipinski definition) is 7. The number of nitrogens with zero attached hydrogens (tertiary/aromatic N) is 4. The van der Waals surface area contributed by atoms with Gasteiger partial charge in [0, 0.05) is 53.2 Å². The molecule has 7 rings (SSSR count). The van der Waals surface area contributed by atoms with Gasteiger partial charge in [-0.1, -0.05) is 12.6 Å². The molecule has 3 N–H and O–H groups in total. The second-order valence-electron chi connectivity index (χ2n) is 11.5. The molecule has 1 aliphatic carbocycles. The Morgan fingerprint density at radius 1 is 1.17 bits per heavy atom. The number of fused-ring (bicyclic) bond motifs is 2. The Hall–Kier alpha value is -4.94. The molecule has 2 aromatic carbocycles. The van der Waals surface area contributed by atoms with Crippen LogP contribution in [0.15, 0.2) is 60.5 Å². The van der Waals surface area contributed by atoms with Gasteiger partial charge < -0.3 is 19.7 Å². The number of H-pyrrole nitrogens is 1. The lowest BCUT2D eigenvalue weighted by atomic mass is 9.91. The number of carbonyl (C=O) groups is 1. The molecule has 6 aromatic rings. The van der Waals surface area contributed by atoms with Crippen LogP contribution in [0.1, 0.15) is 37.3 Å². The Morgan fingerprint density at radius 3 is 2.74 bits per heavy atom. The zero-order valence-electron chi connectivity index (χ0n) is 25.3. The van der Waals surface area contributed by atoms with E-state index in [2.05, 4.69) is 22.1 Å². The molecule has 1 saturated carbocycles. The minimum atomic E-state index is -0.812. The molecule has 1 atom stereocenters. The standard InChI is InChI=1S/C34H30F2N6O3S/c1-5-29(44)37-16(2)24-15-26(41-40-24)33-31(30-23(36)11-19(35)12-28(30)45-21-13-20(43)14-21)34-22(8-9-46-34)32(39-33)18-6-7-27-25(10-18)38-17(3)42(27)4/h5-12,15-16,20-21,43H,1,13-14H2,2-4H3,(H,37,44)(H,40,41)/t16-,20?,21?/m1/s1. The lowest BCUT2D eigenvalue weighted by Crippen LogP contribution is -2.37. The summed E-state index contributed by atoms with van der Waals surface area (Å²) in [5, 5.41) is 22.9.